The molecular formula is C11H19FN4O7S2. The fraction of sp³-hybridized carbons (Fsp3) is 0.727. The van der Waals surface area contributed by atoms with Gasteiger partial charge in [-0.3, -0.25) is 4.18 Å². The van der Waals surface area contributed by atoms with E-state index in [0.29, 0.717) is 0 Å². The van der Waals surface area contributed by atoms with Crippen LogP contribution in [0.1, 0.15) is 5.82 Å². The van der Waals surface area contributed by atoms with E-state index in [2.05, 4.69) is 28.6 Å². The van der Waals surface area contributed by atoms with Crippen LogP contribution in [0, 0.1) is 13.0 Å². The highest BCUT2D eigenvalue weighted by molar-refractivity contribution is 7.91. The number of aromatic nitrogens is 3. The van der Waals surface area contributed by atoms with Crippen molar-refractivity contribution in [2.24, 2.45) is 0 Å². The first-order valence-electron chi connectivity index (χ1n) is 6.99. The summed E-state index contributed by atoms with van der Waals surface area (Å²) in [6.07, 6.45) is -0.903. The molecule has 1 rings (SSSR count). The van der Waals surface area contributed by atoms with Crippen LogP contribution in [0.3, 0.4) is 0 Å². The Bertz CT molecular complexity index is 737. The van der Waals surface area contributed by atoms with Crippen LogP contribution in [0.5, 0.6) is 0 Å². The van der Waals surface area contributed by atoms with Crippen molar-refractivity contribution >= 4 is 26.2 Å². The van der Waals surface area contributed by atoms with E-state index in [0.717, 1.165) is 7.11 Å². The van der Waals surface area contributed by atoms with Gasteiger partial charge in [-0.1, -0.05) is 0 Å². The van der Waals surface area contributed by atoms with Crippen molar-refractivity contribution in [3.63, 3.8) is 0 Å². The van der Waals surface area contributed by atoms with E-state index in [1.54, 1.807) is 0 Å². The van der Waals surface area contributed by atoms with Gasteiger partial charge in [0.1, 0.15) is 5.82 Å². The van der Waals surface area contributed by atoms with Gasteiger partial charge in [0, 0.05) is 6.54 Å². The predicted molar refractivity (Wildman–Crippen MR) is 84.4 cm³/mol. The monoisotopic (exact) mass is 402 g/mol. The summed E-state index contributed by atoms with van der Waals surface area (Å²) in [5.74, 6) is -0.513. The number of hydrogen-bond acceptors (Lipinski definition) is 11. The number of nitrogens with zero attached hydrogens (tertiary/aromatic N) is 3. The van der Waals surface area contributed by atoms with Crippen molar-refractivity contribution in [1.29, 1.82) is 0 Å². The molecule has 0 spiro atoms. The fourth-order valence-electron chi connectivity index (χ4n) is 1.46. The highest BCUT2D eigenvalue weighted by atomic mass is 32.3. The Morgan fingerprint density at radius 3 is 2.36 bits per heavy atom. The maximum Gasteiger partial charge on any atom is 0.399 e. The lowest BCUT2D eigenvalue weighted by atomic mass is 10.6. The second-order valence-electron chi connectivity index (χ2n) is 4.56. The van der Waals surface area contributed by atoms with Gasteiger partial charge >= 0.3 is 16.5 Å². The molecule has 0 atom stereocenters. The third kappa shape index (κ3) is 9.54. The maximum atomic E-state index is 12.9. The molecule has 1 N–H and O–H groups in total. The Morgan fingerprint density at radius 1 is 1.04 bits per heavy atom. The maximum absolute atomic E-state index is 12.9. The number of hydrogen-bond donors (Lipinski definition) is 1. The van der Waals surface area contributed by atoms with Crippen molar-refractivity contribution < 1.29 is 34.3 Å². The Labute approximate surface area is 145 Å². The average molecular weight is 402 g/mol. The van der Waals surface area contributed by atoms with Crippen LogP contribution in [0.4, 0.5) is 10.3 Å². The first-order chi connectivity index (χ1) is 11.6. The molecular weight excluding hydrogens is 383 g/mol. The number of anilines is 1. The smallest absolute Gasteiger partial charge is 0.379 e. The zero-order valence-electron chi connectivity index (χ0n) is 13.6. The fourth-order valence-corrected chi connectivity index (χ4v) is 2.87. The summed E-state index contributed by atoms with van der Waals surface area (Å²) < 4.78 is 71.4. The van der Waals surface area contributed by atoms with E-state index in [1.807, 2.05) is 0 Å². The average Bonchev–Trinajstić information content (AvgIpc) is 2.49. The molecule has 11 nitrogen and oxygen atoms in total. The third-order valence-electron chi connectivity index (χ3n) is 2.61. The minimum atomic E-state index is -4.15. The second kappa shape index (κ2) is 9.86. The summed E-state index contributed by atoms with van der Waals surface area (Å²) in [5.41, 5.74) is 0. The molecule has 0 radical (unpaired) electrons. The van der Waals surface area contributed by atoms with Crippen LogP contribution < -0.4 is 5.32 Å². The number of aryl methyl sites for hydroxylation is 1. The van der Waals surface area contributed by atoms with Crippen molar-refractivity contribution in [1.82, 2.24) is 15.0 Å². The number of rotatable bonds is 12. The van der Waals surface area contributed by atoms with Crippen LogP contribution in [0.25, 0.3) is 0 Å². The van der Waals surface area contributed by atoms with Crippen LogP contribution in [-0.4, -0.2) is 76.8 Å². The quantitative estimate of drug-likeness (QED) is 0.432. The summed E-state index contributed by atoms with van der Waals surface area (Å²) in [6.45, 7) is 1.25. The van der Waals surface area contributed by atoms with Gasteiger partial charge in [0.2, 0.25) is 5.95 Å². The van der Waals surface area contributed by atoms with Crippen LogP contribution in [0.15, 0.2) is 0 Å². The van der Waals surface area contributed by atoms with Gasteiger partial charge in [-0.2, -0.15) is 27.8 Å². The van der Waals surface area contributed by atoms with Gasteiger partial charge in [-0.15, -0.1) is 0 Å². The molecule has 0 aliphatic rings. The highest BCUT2D eigenvalue weighted by Gasteiger charge is 2.15. The SMILES string of the molecule is COS(=O)(=O)OCCS(=O)(=O)CCOCCNc1nc(C)nc(F)n1. The molecule has 144 valence electrons. The van der Waals surface area contributed by atoms with Gasteiger partial charge in [-0.05, 0) is 6.92 Å². The minimum absolute atomic E-state index is 0.0534. The number of halogens is 1. The Hall–Kier alpha value is -1.48. The van der Waals surface area contributed by atoms with Crippen molar-refractivity contribution in [2.75, 3.05) is 50.3 Å². The Kier molecular flexibility index (Phi) is 8.51. The molecule has 0 aliphatic carbocycles. The van der Waals surface area contributed by atoms with Crippen molar-refractivity contribution in [2.45, 2.75) is 6.92 Å². The van der Waals surface area contributed by atoms with E-state index < -0.39 is 38.7 Å². The van der Waals surface area contributed by atoms with Crippen LogP contribution >= 0.6 is 0 Å². The zero-order valence-corrected chi connectivity index (χ0v) is 15.3. The molecule has 0 fully saturated rings. The lowest BCUT2D eigenvalue weighted by molar-refractivity contribution is 0.159. The van der Waals surface area contributed by atoms with Gasteiger partial charge in [0.15, 0.2) is 9.84 Å². The highest BCUT2D eigenvalue weighted by Crippen LogP contribution is 1.99. The van der Waals surface area contributed by atoms with Gasteiger partial charge in [0.25, 0.3) is 0 Å². The summed E-state index contributed by atoms with van der Waals surface area (Å²) >= 11 is 0. The van der Waals surface area contributed by atoms with E-state index in [9.17, 15) is 21.2 Å². The molecule has 25 heavy (non-hydrogen) atoms. The first-order valence-corrected chi connectivity index (χ1v) is 10.1. The third-order valence-corrected chi connectivity index (χ3v) is 5.06. The first kappa shape index (κ1) is 21.6. The number of sulfone groups is 1. The molecule has 0 aromatic carbocycles. The van der Waals surface area contributed by atoms with Gasteiger partial charge in [0.05, 0.1) is 38.4 Å². The lowest BCUT2D eigenvalue weighted by Crippen LogP contribution is -2.22. The minimum Gasteiger partial charge on any atom is -0.379 e. The molecule has 14 heteroatoms. The molecule has 0 saturated carbocycles. The summed E-state index contributed by atoms with van der Waals surface area (Å²) in [7, 11) is -6.79. The van der Waals surface area contributed by atoms with E-state index >= 15 is 0 Å². The molecule has 0 unspecified atom stereocenters. The standard InChI is InChI=1S/C11H19FN4O7S2/c1-9-14-10(12)16-11(15-9)13-3-4-22-5-7-24(17,18)8-6-23-25(19,20)21-2/h3-8H2,1-2H3,(H,13,14,15,16). The summed E-state index contributed by atoms with van der Waals surface area (Å²) in [5, 5.41) is 2.70. The van der Waals surface area contributed by atoms with E-state index in [-0.39, 0.29) is 37.3 Å². The second-order valence-corrected chi connectivity index (χ2v) is 8.25. The topological polar surface area (TPSA) is 147 Å². The van der Waals surface area contributed by atoms with Gasteiger partial charge in [-0.25, -0.2) is 12.6 Å². The van der Waals surface area contributed by atoms with Crippen LogP contribution in [0.2, 0.25) is 0 Å². The van der Waals surface area contributed by atoms with Crippen molar-refractivity contribution in [3.8, 4) is 0 Å². The van der Waals surface area contributed by atoms with E-state index in [1.165, 1.54) is 6.92 Å². The molecule has 0 amide bonds. The number of ether oxygens (including phenoxy) is 1. The molecule has 1 heterocycles. The largest absolute Gasteiger partial charge is 0.399 e. The molecule has 1 aromatic heterocycles. The Balaban J connectivity index is 2.19. The zero-order chi connectivity index (χ0) is 18.9. The predicted octanol–water partition coefficient (Wildman–Crippen LogP) is -0.930. The molecule has 0 saturated heterocycles. The van der Waals surface area contributed by atoms with Crippen LogP contribution in [-0.2, 0) is 33.3 Å². The normalized spacial score (nSPS) is 12.3. The lowest BCUT2D eigenvalue weighted by Gasteiger charge is -2.07. The van der Waals surface area contributed by atoms with Crippen molar-refractivity contribution in [3.05, 3.63) is 11.9 Å². The molecule has 0 aliphatic heterocycles. The van der Waals surface area contributed by atoms with E-state index in [4.69, 9.17) is 4.74 Å². The molecule has 1 aromatic rings. The summed E-state index contributed by atoms with van der Waals surface area (Å²) in [4.78, 5) is 10.7. The molecule has 0 bridgehead atoms. The Morgan fingerprint density at radius 2 is 1.72 bits per heavy atom. The number of nitrogens with one attached hydrogen (secondary N) is 1. The summed E-state index contributed by atoms with van der Waals surface area (Å²) in [6, 6.07) is 0. The van der Waals surface area contributed by atoms with Gasteiger partial charge < -0.3 is 10.1 Å².